The molecule has 1 aliphatic heterocycles. The number of sulfonamides is 1. The van der Waals surface area contributed by atoms with Gasteiger partial charge < -0.3 is 19.5 Å². The molecule has 0 unspecified atom stereocenters. The number of ether oxygens (including phenoxy) is 1. The van der Waals surface area contributed by atoms with E-state index in [1.165, 1.54) is 16.6 Å². The van der Waals surface area contributed by atoms with Crippen LogP contribution in [0.1, 0.15) is 13.8 Å². The molecule has 1 aliphatic rings. The number of aromatic nitrogens is 1. The van der Waals surface area contributed by atoms with Crippen LogP contribution in [0.4, 0.5) is 11.4 Å². The molecule has 2 heterocycles. The molecule has 32 heavy (non-hydrogen) atoms. The molecular weight excluding hydrogens is 456 g/mol. The number of carbonyl (C=O) groups excluding carboxylic acids is 1. The van der Waals surface area contributed by atoms with Crippen molar-refractivity contribution < 1.29 is 17.9 Å². The van der Waals surface area contributed by atoms with Crippen molar-refractivity contribution in [2.45, 2.75) is 25.3 Å². The first-order chi connectivity index (χ1) is 15.3. The Morgan fingerprint density at radius 1 is 1.16 bits per heavy atom. The summed E-state index contributed by atoms with van der Waals surface area (Å²) in [4.78, 5) is 27.1. The van der Waals surface area contributed by atoms with E-state index in [4.69, 9.17) is 16.3 Å². The number of hydrogen-bond acceptors (Lipinski definition) is 6. The lowest BCUT2D eigenvalue weighted by Crippen LogP contribution is -2.37. The third kappa shape index (κ3) is 5.50. The Morgan fingerprint density at radius 3 is 2.50 bits per heavy atom. The molecule has 0 aliphatic carbocycles. The number of pyridine rings is 1. The molecule has 0 radical (unpaired) electrons. The first-order valence-corrected chi connectivity index (χ1v) is 12.2. The normalized spacial score (nSPS) is 14.6. The topological polar surface area (TPSA) is 101 Å². The standard InChI is InChI=1S/C21H27ClN4O5S/c1-3-26(4-2)32(29,30)17-6-8-21(28)25(14-17)15-20(27)23-18-13-16(22)5-7-19(18)24-9-11-31-12-10-24/h5-8,13-14H,3-4,9-12,15H2,1-2H3,(H,23,27). The molecule has 2 aromatic rings. The van der Waals surface area contributed by atoms with Gasteiger partial charge in [0.15, 0.2) is 0 Å². The molecular formula is C21H27ClN4O5S. The molecule has 1 N–H and O–H groups in total. The summed E-state index contributed by atoms with van der Waals surface area (Å²) in [6, 6.07) is 7.63. The van der Waals surface area contributed by atoms with Gasteiger partial charge in [0.05, 0.1) is 29.5 Å². The van der Waals surface area contributed by atoms with Gasteiger partial charge in [0, 0.05) is 43.5 Å². The van der Waals surface area contributed by atoms with Gasteiger partial charge in [0.25, 0.3) is 5.56 Å². The Morgan fingerprint density at radius 2 is 1.84 bits per heavy atom. The average Bonchev–Trinajstić information content (AvgIpc) is 2.76. The van der Waals surface area contributed by atoms with Crippen molar-refractivity contribution in [1.82, 2.24) is 8.87 Å². The predicted octanol–water partition coefficient (Wildman–Crippen LogP) is 2.01. The summed E-state index contributed by atoms with van der Waals surface area (Å²) in [5.41, 5.74) is 0.846. The van der Waals surface area contributed by atoms with E-state index >= 15 is 0 Å². The lowest BCUT2D eigenvalue weighted by atomic mass is 10.2. The van der Waals surface area contributed by atoms with Crippen LogP contribution in [0.3, 0.4) is 0 Å². The summed E-state index contributed by atoms with van der Waals surface area (Å²) in [6.07, 6.45) is 1.20. The molecule has 11 heteroatoms. The fraction of sp³-hybridized carbons (Fsp3) is 0.429. The number of carbonyl (C=O) groups is 1. The second-order valence-electron chi connectivity index (χ2n) is 7.23. The zero-order chi connectivity index (χ0) is 23.3. The van der Waals surface area contributed by atoms with E-state index in [2.05, 4.69) is 10.2 Å². The van der Waals surface area contributed by atoms with Crippen LogP contribution in [0, 0.1) is 0 Å². The number of nitrogens with one attached hydrogen (secondary N) is 1. The number of nitrogens with zero attached hydrogens (tertiary/aromatic N) is 3. The molecule has 9 nitrogen and oxygen atoms in total. The molecule has 1 amide bonds. The van der Waals surface area contributed by atoms with Crippen molar-refractivity contribution in [2.75, 3.05) is 49.6 Å². The van der Waals surface area contributed by atoms with Crippen molar-refractivity contribution in [1.29, 1.82) is 0 Å². The number of amides is 1. The lowest BCUT2D eigenvalue weighted by molar-refractivity contribution is -0.116. The molecule has 174 valence electrons. The van der Waals surface area contributed by atoms with Crippen molar-refractivity contribution in [2.24, 2.45) is 0 Å². The van der Waals surface area contributed by atoms with Crippen LogP contribution in [-0.2, 0) is 26.1 Å². The number of halogens is 1. The molecule has 1 aromatic carbocycles. The first kappa shape index (κ1) is 24.2. The number of morpholine rings is 1. The molecule has 3 rings (SSSR count). The van der Waals surface area contributed by atoms with Crippen molar-refractivity contribution in [3.63, 3.8) is 0 Å². The smallest absolute Gasteiger partial charge is 0.251 e. The molecule has 0 atom stereocenters. The van der Waals surface area contributed by atoms with Gasteiger partial charge in [-0.05, 0) is 24.3 Å². The Labute approximate surface area is 192 Å². The molecule has 0 spiro atoms. The van der Waals surface area contributed by atoms with Crippen LogP contribution in [-0.4, -0.2) is 62.6 Å². The lowest BCUT2D eigenvalue weighted by Gasteiger charge is -2.30. The van der Waals surface area contributed by atoms with E-state index in [1.807, 2.05) is 6.07 Å². The predicted molar refractivity (Wildman–Crippen MR) is 124 cm³/mol. The summed E-state index contributed by atoms with van der Waals surface area (Å²) in [5.74, 6) is -0.471. The highest BCUT2D eigenvalue weighted by Crippen LogP contribution is 2.30. The summed E-state index contributed by atoms with van der Waals surface area (Å²) in [6.45, 7) is 6.26. The van der Waals surface area contributed by atoms with Crippen LogP contribution >= 0.6 is 11.6 Å². The Balaban J connectivity index is 1.83. The van der Waals surface area contributed by atoms with Gasteiger partial charge >= 0.3 is 0 Å². The quantitative estimate of drug-likeness (QED) is 0.617. The van der Waals surface area contributed by atoms with Gasteiger partial charge in [-0.15, -0.1) is 0 Å². The van der Waals surface area contributed by atoms with Crippen molar-refractivity contribution in [3.05, 3.63) is 51.9 Å². The van der Waals surface area contributed by atoms with E-state index in [-0.39, 0.29) is 11.4 Å². The van der Waals surface area contributed by atoms with Gasteiger partial charge in [-0.25, -0.2) is 8.42 Å². The molecule has 1 aromatic heterocycles. The van der Waals surface area contributed by atoms with Gasteiger partial charge in [-0.1, -0.05) is 25.4 Å². The highest BCUT2D eigenvalue weighted by molar-refractivity contribution is 7.89. The summed E-state index contributed by atoms with van der Waals surface area (Å²) in [7, 11) is -3.76. The SMILES string of the molecule is CCN(CC)S(=O)(=O)c1ccc(=O)n(CC(=O)Nc2cc(Cl)ccc2N2CCOCC2)c1. The number of benzene rings is 1. The summed E-state index contributed by atoms with van der Waals surface area (Å²) < 4.78 is 33.3. The Kier molecular flexibility index (Phi) is 7.94. The van der Waals surface area contributed by atoms with E-state index < -0.39 is 21.5 Å². The maximum atomic E-state index is 12.8. The number of hydrogen-bond donors (Lipinski definition) is 1. The molecule has 1 saturated heterocycles. The second-order valence-corrected chi connectivity index (χ2v) is 9.60. The zero-order valence-electron chi connectivity index (χ0n) is 18.1. The van der Waals surface area contributed by atoms with Crippen molar-refractivity contribution >= 4 is 38.9 Å². The fourth-order valence-electron chi connectivity index (χ4n) is 3.53. The largest absolute Gasteiger partial charge is 0.378 e. The van der Waals surface area contributed by atoms with Crippen LogP contribution < -0.4 is 15.8 Å². The first-order valence-electron chi connectivity index (χ1n) is 10.4. The monoisotopic (exact) mass is 482 g/mol. The Hall–Kier alpha value is -2.40. The summed E-state index contributed by atoms with van der Waals surface area (Å²) in [5, 5.41) is 3.26. The number of rotatable bonds is 8. The fourth-order valence-corrected chi connectivity index (χ4v) is 5.18. The second kappa shape index (κ2) is 10.5. The van der Waals surface area contributed by atoms with Crippen LogP contribution in [0.5, 0.6) is 0 Å². The maximum Gasteiger partial charge on any atom is 0.251 e. The average molecular weight is 483 g/mol. The highest BCUT2D eigenvalue weighted by Gasteiger charge is 2.23. The van der Waals surface area contributed by atoms with E-state index in [0.717, 1.165) is 16.3 Å². The van der Waals surface area contributed by atoms with E-state index in [1.54, 1.807) is 26.0 Å². The van der Waals surface area contributed by atoms with Gasteiger partial charge in [-0.2, -0.15) is 4.31 Å². The Bertz CT molecular complexity index is 1130. The minimum Gasteiger partial charge on any atom is -0.378 e. The summed E-state index contributed by atoms with van der Waals surface area (Å²) >= 11 is 6.13. The minimum atomic E-state index is -3.76. The third-order valence-electron chi connectivity index (χ3n) is 5.20. The van der Waals surface area contributed by atoms with Gasteiger partial charge in [0.2, 0.25) is 15.9 Å². The van der Waals surface area contributed by atoms with Crippen LogP contribution in [0.25, 0.3) is 0 Å². The number of anilines is 2. The van der Waals surface area contributed by atoms with Gasteiger partial charge in [0.1, 0.15) is 6.54 Å². The van der Waals surface area contributed by atoms with E-state index in [9.17, 15) is 18.0 Å². The zero-order valence-corrected chi connectivity index (χ0v) is 19.7. The minimum absolute atomic E-state index is 0.0367. The van der Waals surface area contributed by atoms with Crippen LogP contribution in [0.15, 0.2) is 46.2 Å². The van der Waals surface area contributed by atoms with Crippen LogP contribution in [0.2, 0.25) is 5.02 Å². The van der Waals surface area contributed by atoms with Crippen molar-refractivity contribution in [3.8, 4) is 0 Å². The molecule has 0 saturated carbocycles. The highest BCUT2D eigenvalue weighted by atomic mass is 35.5. The maximum absolute atomic E-state index is 12.8. The molecule has 0 bridgehead atoms. The third-order valence-corrected chi connectivity index (χ3v) is 7.47. The van der Waals surface area contributed by atoms with Gasteiger partial charge in [-0.3, -0.25) is 9.59 Å². The molecule has 1 fully saturated rings. The van der Waals surface area contributed by atoms with E-state index in [0.29, 0.717) is 50.1 Å².